The molecule has 156 valence electrons. The average Bonchev–Trinajstić information content (AvgIpc) is 3.01. The van der Waals surface area contributed by atoms with E-state index in [2.05, 4.69) is 15.9 Å². The molecule has 1 aliphatic rings. The molecule has 0 bridgehead atoms. The van der Waals surface area contributed by atoms with Gasteiger partial charge in [0.05, 0.1) is 15.6 Å². The number of carbonyl (C=O) groups excluding carboxylic acids is 1. The van der Waals surface area contributed by atoms with Gasteiger partial charge < -0.3 is 4.74 Å². The molecule has 0 radical (unpaired) electrons. The molecular weight excluding hydrogens is 521 g/mol. The summed E-state index contributed by atoms with van der Waals surface area (Å²) < 4.78 is 21.0. The lowest BCUT2D eigenvalue weighted by molar-refractivity contribution is -0.113. The lowest BCUT2D eigenvalue weighted by atomic mass is 10.2. The quantitative estimate of drug-likeness (QED) is 0.255. The Labute approximate surface area is 202 Å². The summed E-state index contributed by atoms with van der Waals surface area (Å²) in [6, 6.07) is 19.1. The van der Waals surface area contributed by atoms with Crippen molar-refractivity contribution < 1.29 is 13.9 Å². The number of thiocarbonyl (C=S) groups is 1. The van der Waals surface area contributed by atoms with Gasteiger partial charge in [0.15, 0.2) is 4.32 Å². The third-order valence-corrected chi connectivity index (χ3v) is 6.61. The highest BCUT2D eigenvalue weighted by Crippen LogP contribution is 2.37. The van der Waals surface area contributed by atoms with Crippen LogP contribution in [0.3, 0.4) is 0 Å². The molecule has 3 aromatic carbocycles. The van der Waals surface area contributed by atoms with Gasteiger partial charge in [-0.05, 0) is 54.1 Å². The van der Waals surface area contributed by atoms with Gasteiger partial charge in [0.2, 0.25) is 0 Å². The SMILES string of the molecule is O=C1/C(=C\c2cccc(OCc3c(F)cccc3Cl)c2)SC(=S)N1c1cccc(Br)c1. The molecular formula is C23H14BrClFNO2S2. The van der Waals surface area contributed by atoms with Gasteiger partial charge in [-0.15, -0.1) is 0 Å². The van der Waals surface area contributed by atoms with Gasteiger partial charge in [0, 0.05) is 10.0 Å². The standard InChI is InChI=1S/C23H14BrClFNO2S2/c24-15-5-2-6-16(12-15)27-22(28)21(31-23(27)30)11-14-4-1-7-17(10-14)29-13-18-19(25)8-3-9-20(18)26/h1-12H,13H2/b21-11+. The Morgan fingerprint density at radius 2 is 1.90 bits per heavy atom. The first-order valence-corrected chi connectivity index (χ1v) is 11.5. The largest absolute Gasteiger partial charge is 0.489 e. The molecule has 1 amide bonds. The molecule has 0 N–H and O–H groups in total. The Morgan fingerprint density at radius 3 is 2.68 bits per heavy atom. The number of hydrogen-bond donors (Lipinski definition) is 0. The molecule has 0 unspecified atom stereocenters. The maximum absolute atomic E-state index is 14.0. The first kappa shape index (κ1) is 22.0. The highest BCUT2D eigenvalue weighted by atomic mass is 79.9. The minimum absolute atomic E-state index is 0.0000391. The lowest BCUT2D eigenvalue weighted by Crippen LogP contribution is -2.27. The zero-order valence-corrected chi connectivity index (χ0v) is 19.8. The molecule has 0 aliphatic carbocycles. The number of hydrogen-bond acceptors (Lipinski definition) is 4. The predicted octanol–water partition coefficient (Wildman–Crippen LogP) is 7.23. The third-order valence-electron chi connectivity index (χ3n) is 4.46. The van der Waals surface area contributed by atoms with Crippen LogP contribution in [-0.2, 0) is 11.4 Å². The third kappa shape index (κ3) is 5.01. The zero-order chi connectivity index (χ0) is 22.0. The number of carbonyl (C=O) groups is 1. The molecule has 4 rings (SSSR count). The van der Waals surface area contributed by atoms with Crippen molar-refractivity contribution in [3.63, 3.8) is 0 Å². The Kier molecular flexibility index (Phi) is 6.77. The van der Waals surface area contributed by atoms with E-state index in [4.69, 9.17) is 28.6 Å². The van der Waals surface area contributed by atoms with Gasteiger partial charge in [0.1, 0.15) is 18.2 Å². The molecule has 0 aromatic heterocycles. The van der Waals surface area contributed by atoms with Crippen LogP contribution in [0, 0.1) is 5.82 Å². The monoisotopic (exact) mass is 533 g/mol. The molecule has 1 saturated heterocycles. The first-order valence-electron chi connectivity index (χ1n) is 9.11. The van der Waals surface area contributed by atoms with Crippen molar-refractivity contribution in [2.75, 3.05) is 4.90 Å². The highest BCUT2D eigenvalue weighted by molar-refractivity contribution is 9.10. The molecule has 3 aromatic rings. The average molecular weight is 535 g/mol. The van der Waals surface area contributed by atoms with Gasteiger partial charge in [0.25, 0.3) is 5.91 Å². The van der Waals surface area contributed by atoms with Crippen LogP contribution in [0.25, 0.3) is 6.08 Å². The van der Waals surface area contributed by atoms with Crippen molar-refractivity contribution in [3.05, 3.63) is 98.1 Å². The minimum Gasteiger partial charge on any atom is -0.489 e. The van der Waals surface area contributed by atoms with Gasteiger partial charge in [-0.1, -0.05) is 75.8 Å². The van der Waals surface area contributed by atoms with Crippen LogP contribution in [0.5, 0.6) is 5.75 Å². The van der Waals surface area contributed by atoms with E-state index in [1.54, 1.807) is 36.4 Å². The summed E-state index contributed by atoms with van der Waals surface area (Å²) in [7, 11) is 0. The Balaban J connectivity index is 1.53. The zero-order valence-electron chi connectivity index (χ0n) is 15.8. The van der Waals surface area contributed by atoms with Gasteiger partial charge >= 0.3 is 0 Å². The Hall–Kier alpha value is -2.19. The van der Waals surface area contributed by atoms with Crippen molar-refractivity contribution in [2.45, 2.75) is 6.61 Å². The van der Waals surface area contributed by atoms with Crippen LogP contribution in [0.15, 0.2) is 76.1 Å². The van der Waals surface area contributed by atoms with Gasteiger partial charge in [-0.3, -0.25) is 9.69 Å². The van der Waals surface area contributed by atoms with Crippen LogP contribution >= 0.6 is 51.5 Å². The maximum Gasteiger partial charge on any atom is 0.270 e. The van der Waals surface area contributed by atoms with Crippen molar-refractivity contribution in [2.24, 2.45) is 0 Å². The summed E-state index contributed by atoms with van der Waals surface area (Å²) in [6.45, 7) is -0.0000391. The topological polar surface area (TPSA) is 29.5 Å². The van der Waals surface area contributed by atoms with E-state index in [0.717, 1.165) is 10.0 Å². The second-order valence-electron chi connectivity index (χ2n) is 6.56. The van der Waals surface area contributed by atoms with E-state index in [1.165, 1.54) is 22.7 Å². The fourth-order valence-corrected chi connectivity index (χ4v) is 4.88. The second-order valence-corrected chi connectivity index (χ2v) is 9.56. The van der Waals surface area contributed by atoms with Crippen molar-refractivity contribution in [1.82, 2.24) is 0 Å². The molecule has 3 nitrogen and oxygen atoms in total. The van der Waals surface area contributed by atoms with Crippen molar-refractivity contribution in [1.29, 1.82) is 0 Å². The smallest absolute Gasteiger partial charge is 0.270 e. The Morgan fingerprint density at radius 1 is 1.13 bits per heavy atom. The van der Waals surface area contributed by atoms with E-state index in [0.29, 0.717) is 31.2 Å². The summed E-state index contributed by atoms with van der Waals surface area (Å²) in [6.07, 6.45) is 1.76. The van der Waals surface area contributed by atoms with E-state index in [-0.39, 0.29) is 12.5 Å². The van der Waals surface area contributed by atoms with Gasteiger partial charge in [-0.25, -0.2) is 4.39 Å². The molecule has 31 heavy (non-hydrogen) atoms. The lowest BCUT2D eigenvalue weighted by Gasteiger charge is -2.14. The number of amides is 1. The maximum atomic E-state index is 14.0. The van der Waals surface area contributed by atoms with E-state index in [1.807, 2.05) is 30.3 Å². The molecule has 1 aliphatic heterocycles. The number of anilines is 1. The fraction of sp³-hybridized carbons (Fsp3) is 0.0435. The molecule has 8 heteroatoms. The number of ether oxygens (including phenoxy) is 1. The molecule has 0 saturated carbocycles. The van der Waals surface area contributed by atoms with Crippen molar-refractivity contribution >= 4 is 73.5 Å². The van der Waals surface area contributed by atoms with Crippen LogP contribution < -0.4 is 9.64 Å². The molecule has 1 fully saturated rings. The highest BCUT2D eigenvalue weighted by Gasteiger charge is 2.33. The van der Waals surface area contributed by atoms with Crippen LogP contribution in [0.2, 0.25) is 5.02 Å². The summed E-state index contributed by atoms with van der Waals surface area (Å²) in [5, 5.41) is 0.312. The van der Waals surface area contributed by atoms with Crippen LogP contribution in [0.4, 0.5) is 10.1 Å². The van der Waals surface area contributed by atoms with E-state index < -0.39 is 5.82 Å². The van der Waals surface area contributed by atoms with Crippen LogP contribution in [-0.4, -0.2) is 10.2 Å². The minimum atomic E-state index is -0.417. The number of benzene rings is 3. The van der Waals surface area contributed by atoms with E-state index in [9.17, 15) is 9.18 Å². The first-order chi connectivity index (χ1) is 14.9. The summed E-state index contributed by atoms with van der Waals surface area (Å²) >= 11 is 16.1. The summed E-state index contributed by atoms with van der Waals surface area (Å²) in [5.74, 6) is -0.0621. The number of rotatable bonds is 5. The summed E-state index contributed by atoms with van der Waals surface area (Å²) in [5.41, 5.74) is 1.77. The van der Waals surface area contributed by atoms with E-state index >= 15 is 0 Å². The summed E-state index contributed by atoms with van der Waals surface area (Å²) in [4.78, 5) is 15.0. The second kappa shape index (κ2) is 9.53. The fourth-order valence-electron chi connectivity index (χ4n) is 2.98. The number of thioether (sulfide) groups is 1. The molecule has 0 atom stereocenters. The Bertz CT molecular complexity index is 1200. The van der Waals surface area contributed by atoms with Gasteiger partial charge in [-0.2, -0.15) is 0 Å². The molecule has 1 heterocycles. The molecule has 0 spiro atoms. The predicted molar refractivity (Wildman–Crippen MR) is 132 cm³/mol. The normalized spacial score (nSPS) is 15.1. The number of nitrogens with zero attached hydrogens (tertiary/aromatic N) is 1. The van der Waals surface area contributed by atoms with Crippen molar-refractivity contribution in [3.8, 4) is 5.75 Å². The number of halogens is 3. The van der Waals surface area contributed by atoms with Crippen LogP contribution in [0.1, 0.15) is 11.1 Å².